The van der Waals surface area contributed by atoms with Gasteiger partial charge in [0.1, 0.15) is 12.2 Å². The monoisotopic (exact) mass is 281 g/mol. The Morgan fingerprint density at radius 1 is 1.15 bits per heavy atom. The van der Waals surface area contributed by atoms with Gasteiger partial charge < -0.3 is 20.4 Å². The van der Waals surface area contributed by atoms with Crippen molar-refractivity contribution >= 4 is 0 Å². The van der Waals surface area contributed by atoms with Crippen molar-refractivity contribution in [3.8, 4) is 0 Å². The van der Waals surface area contributed by atoms with E-state index in [4.69, 9.17) is 0 Å². The number of nitrogens with zero attached hydrogens (tertiary/aromatic N) is 1. The van der Waals surface area contributed by atoms with Gasteiger partial charge in [-0.05, 0) is 11.5 Å². The second-order valence-electron chi connectivity index (χ2n) is 5.56. The summed E-state index contributed by atoms with van der Waals surface area (Å²) in [4.78, 5) is 1.85. The molecule has 0 saturated carbocycles. The maximum Gasteiger partial charge on any atom is 0.109 e. The van der Waals surface area contributed by atoms with Crippen LogP contribution in [0.3, 0.4) is 0 Å². The number of hydrogen-bond acceptors (Lipinski definition) is 5. The van der Waals surface area contributed by atoms with Crippen molar-refractivity contribution in [2.45, 2.75) is 37.2 Å². The van der Waals surface area contributed by atoms with Gasteiger partial charge in [-0.1, -0.05) is 37.3 Å². The minimum Gasteiger partial charge on any atom is -0.395 e. The molecule has 20 heavy (non-hydrogen) atoms. The molecule has 4 N–H and O–H groups in total. The molecule has 5 heteroatoms. The fraction of sp³-hybridized carbons (Fsp3) is 0.600. The minimum atomic E-state index is -1.20. The van der Waals surface area contributed by atoms with Gasteiger partial charge in [-0.3, -0.25) is 4.90 Å². The lowest BCUT2D eigenvalue weighted by molar-refractivity contribution is -0.145. The third-order valence-electron chi connectivity index (χ3n) is 4.09. The van der Waals surface area contributed by atoms with Crippen LogP contribution in [0.25, 0.3) is 0 Å². The summed E-state index contributed by atoms with van der Waals surface area (Å²) in [6, 6.07) is 9.42. The van der Waals surface area contributed by atoms with Crippen LogP contribution in [0.2, 0.25) is 0 Å². The summed E-state index contributed by atoms with van der Waals surface area (Å²) in [6.45, 7) is 2.68. The van der Waals surface area contributed by atoms with Crippen LogP contribution in [0.15, 0.2) is 30.3 Å². The van der Waals surface area contributed by atoms with Crippen molar-refractivity contribution in [3.05, 3.63) is 35.9 Å². The number of aliphatic hydroxyl groups is 4. The zero-order valence-corrected chi connectivity index (χ0v) is 11.6. The van der Waals surface area contributed by atoms with E-state index in [2.05, 4.69) is 6.92 Å². The second kappa shape index (κ2) is 6.65. The normalized spacial score (nSPS) is 33.0. The maximum atomic E-state index is 9.95. The molecule has 5 atom stereocenters. The van der Waals surface area contributed by atoms with Gasteiger partial charge in [-0.15, -0.1) is 0 Å². The molecule has 0 amide bonds. The fourth-order valence-electron chi connectivity index (χ4n) is 2.83. The molecule has 1 unspecified atom stereocenters. The first-order chi connectivity index (χ1) is 9.54. The van der Waals surface area contributed by atoms with Crippen LogP contribution in [-0.4, -0.2) is 69.4 Å². The van der Waals surface area contributed by atoms with Gasteiger partial charge in [0.05, 0.1) is 18.8 Å². The number of likely N-dealkylation sites (tertiary alicyclic amines) is 1. The molecule has 1 aromatic carbocycles. The SMILES string of the molecule is CC(CN1C[C@H](O)[C@@H](O)[C@H](O)[C@@H]1CO)c1ccccc1. The largest absolute Gasteiger partial charge is 0.395 e. The lowest BCUT2D eigenvalue weighted by atomic mass is 9.92. The Kier molecular flexibility index (Phi) is 5.12. The Bertz CT molecular complexity index is 414. The third kappa shape index (κ3) is 3.19. The lowest BCUT2D eigenvalue weighted by Gasteiger charge is -2.44. The Morgan fingerprint density at radius 2 is 1.80 bits per heavy atom. The first-order valence-electron chi connectivity index (χ1n) is 6.98. The number of piperidine rings is 1. The van der Waals surface area contributed by atoms with Crippen LogP contribution < -0.4 is 0 Å². The smallest absolute Gasteiger partial charge is 0.109 e. The van der Waals surface area contributed by atoms with Gasteiger partial charge in [0.25, 0.3) is 0 Å². The predicted octanol–water partition coefficient (Wildman–Crippen LogP) is -0.451. The predicted molar refractivity (Wildman–Crippen MR) is 75.3 cm³/mol. The molecule has 1 saturated heterocycles. The summed E-state index contributed by atoms with van der Waals surface area (Å²) in [7, 11) is 0. The summed E-state index contributed by atoms with van der Waals surface area (Å²) in [6.07, 6.45) is -3.32. The van der Waals surface area contributed by atoms with E-state index in [1.807, 2.05) is 35.2 Å². The zero-order chi connectivity index (χ0) is 14.7. The Morgan fingerprint density at radius 3 is 2.40 bits per heavy atom. The van der Waals surface area contributed by atoms with E-state index in [1.54, 1.807) is 0 Å². The molecule has 112 valence electrons. The summed E-state index contributed by atoms with van der Waals surface area (Å²) in [5.41, 5.74) is 1.17. The summed E-state index contributed by atoms with van der Waals surface area (Å²) < 4.78 is 0. The van der Waals surface area contributed by atoms with Gasteiger partial charge in [0, 0.05) is 13.1 Å². The van der Waals surface area contributed by atoms with Crippen LogP contribution in [0.4, 0.5) is 0 Å². The van der Waals surface area contributed by atoms with E-state index >= 15 is 0 Å². The summed E-state index contributed by atoms with van der Waals surface area (Å²) in [5, 5.41) is 38.8. The van der Waals surface area contributed by atoms with Crippen LogP contribution >= 0.6 is 0 Å². The zero-order valence-electron chi connectivity index (χ0n) is 11.6. The fourth-order valence-corrected chi connectivity index (χ4v) is 2.83. The van der Waals surface area contributed by atoms with Crippen LogP contribution in [0.1, 0.15) is 18.4 Å². The van der Waals surface area contributed by atoms with Gasteiger partial charge in [-0.25, -0.2) is 0 Å². The molecule has 2 rings (SSSR count). The highest BCUT2D eigenvalue weighted by Crippen LogP contribution is 2.23. The Labute approximate surface area is 119 Å². The van der Waals surface area contributed by atoms with E-state index in [9.17, 15) is 20.4 Å². The summed E-state index contributed by atoms with van der Waals surface area (Å²) in [5.74, 6) is 0.208. The molecule has 1 aliphatic heterocycles. The number of benzene rings is 1. The van der Waals surface area contributed by atoms with Gasteiger partial charge in [-0.2, -0.15) is 0 Å². The molecule has 0 aliphatic carbocycles. The average molecular weight is 281 g/mol. The van der Waals surface area contributed by atoms with E-state index in [1.165, 1.54) is 5.56 Å². The number of aliphatic hydroxyl groups excluding tert-OH is 4. The Hall–Kier alpha value is -0.980. The van der Waals surface area contributed by atoms with Crippen molar-refractivity contribution in [1.82, 2.24) is 4.90 Å². The molecule has 1 fully saturated rings. The molecule has 0 radical (unpaired) electrons. The quantitative estimate of drug-likeness (QED) is 0.601. The van der Waals surface area contributed by atoms with Gasteiger partial charge >= 0.3 is 0 Å². The van der Waals surface area contributed by atoms with Crippen molar-refractivity contribution < 1.29 is 20.4 Å². The number of hydrogen-bond donors (Lipinski definition) is 4. The van der Waals surface area contributed by atoms with Gasteiger partial charge in [0.15, 0.2) is 0 Å². The van der Waals surface area contributed by atoms with Crippen molar-refractivity contribution in [1.29, 1.82) is 0 Å². The third-order valence-corrected chi connectivity index (χ3v) is 4.09. The summed E-state index contributed by atoms with van der Waals surface area (Å²) >= 11 is 0. The van der Waals surface area contributed by atoms with Crippen LogP contribution in [0, 0.1) is 0 Å². The number of β-amino-alcohol motifs (C(OH)–C–C–N with tert-alkyl or cyclic N) is 1. The number of rotatable bonds is 4. The van der Waals surface area contributed by atoms with Crippen molar-refractivity contribution in [2.75, 3.05) is 19.7 Å². The molecular formula is C15H23NO4. The average Bonchev–Trinajstić information content (AvgIpc) is 2.46. The Balaban J connectivity index is 2.07. The molecule has 5 nitrogen and oxygen atoms in total. The second-order valence-corrected chi connectivity index (χ2v) is 5.56. The first kappa shape index (κ1) is 15.4. The van der Waals surface area contributed by atoms with Crippen LogP contribution in [-0.2, 0) is 0 Å². The highest BCUT2D eigenvalue weighted by Gasteiger charge is 2.41. The molecule has 0 bridgehead atoms. The van der Waals surface area contributed by atoms with Crippen molar-refractivity contribution in [2.24, 2.45) is 0 Å². The molecule has 0 aromatic heterocycles. The maximum absolute atomic E-state index is 9.95. The lowest BCUT2D eigenvalue weighted by Crippen LogP contribution is -2.62. The van der Waals surface area contributed by atoms with E-state index in [0.29, 0.717) is 6.54 Å². The molecule has 0 spiro atoms. The van der Waals surface area contributed by atoms with E-state index in [-0.39, 0.29) is 19.1 Å². The first-order valence-corrected chi connectivity index (χ1v) is 6.98. The van der Waals surface area contributed by atoms with E-state index < -0.39 is 24.4 Å². The molecule has 1 aromatic rings. The van der Waals surface area contributed by atoms with Gasteiger partial charge in [0.2, 0.25) is 0 Å². The highest BCUT2D eigenvalue weighted by molar-refractivity contribution is 5.19. The molecule has 1 heterocycles. The molecule has 1 aliphatic rings. The van der Waals surface area contributed by atoms with E-state index in [0.717, 1.165) is 0 Å². The van der Waals surface area contributed by atoms with Crippen LogP contribution in [0.5, 0.6) is 0 Å². The topological polar surface area (TPSA) is 84.2 Å². The van der Waals surface area contributed by atoms with Crippen molar-refractivity contribution in [3.63, 3.8) is 0 Å². The molecular weight excluding hydrogens is 258 g/mol. The minimum absolute atomic E-state index is 0.208. The highest BCUT2D eigenvalue weighted by atomic mass is 16.4. The standard InChI is InChI=1S/C15H23NO4/c1-10(11-5-3-2-4-6-11)7-16-8-13(18)15(20)14(19)12(16)9-17/h2-6,10,12-15,17-20H,7-9H2,1H3/t10?,12-,13-,14+,15+/m0/s1.